The first kappa shape index (κ1) is 28.5. The van der Waals surface area contributed by atoms with Crippen molar-refractivity contribution in [2.24, 2.45) is 5.92 Å². The molecule has 4 aromatic rings. The number of hydrogen-bond donors (Lipinski definition) is 0. The number of aryl methyl sites for hydroxylation is 4. The molecule has 0 aromatic heterocycles. The first-order chi connectivity index (χ1) is 19.7. The van der Waals surface area contributed by atoms with Crippen molar-refractivity contribution in [3.8, 4) is 0 Å². The first-order valence-corrected chi connectivity index (χ1v) is 14.8. The Morgan fingerprint density at radius 2 is 1.20 bits per heavy atom. The molecule has 0 amide bonds. The van der Waals surface area contributed by atoms with Crippen LogP contribution in [0.2, 0.25) is 0 Å². The van der Waals surface area contributed by atoms with E-state index in [2.05, 4.69) is 121 Å². The number of methoxy groups -OCH3 is 1. The van der Waals surface area contributed by atoms with Crippen LogP contribution in [0.1, 0.15) is 68.0 Å². The number of carbonyl (C=O) groups is 1. The van der Waals surface area contributed by atoms with Gasteiger partial charge in [-0.1, -0.05) is 88.4 Å². The summed E-state index contributed by atoms with van der Waals surface area (Å²) in [5.74, 6) is -0.148. The molecule has 2 aliphatic rings. The van der Waals surface area contributed by atoms with Gasteiger partial charge in [0.05, 0.1) is 31.1 Å². The van der Waals surface area contributed by atoms with Crippen molar-refractivity contribution in [1.82, 2.24) is 0 Å². The second-order valence-corrected chi connectivity index (χ2v) is 11.3. The summed E-state index contributed by atoms with van der Waals surface area (Å²) in [7, 11) is 1.39. The highest BCUT2D eigenvalue weighted by atomic mass is 16.5. The lowest BCUT2D eigenvalue weighted by Crippen LogP contribution is -2.28. The standard InChI is InChI=1S/C32H32N2.C5H10O2/c1-6-23-14-8-12-20(3)29(23)33-22(5)34(30-21(4)13-9-15-24(30)7-2)32-27-19-11-17-25-16-10-18-26(28(25)27)31(32)33;1-4(2)5(6)7-3/h8-19,22H,6-7H2,1-5H3;4H,1-3H3/q+2;. The summed E-state index contributed by atoms with van der Waals surface area (Å²) in [6, 6.07) is 27.1. The summed E-state index contributed by atoms with van der Waals surface area (Å²) in [6.45, 7) is 15.0. The van der Waals surface area contributed by atoms with Gasteiger partial charge in [-0.25, -0.2) is 0 Å². The van der Waals surface area contributed by atoms with E-state index >= 15 is 0 Å². The van der Waals surface area contributed by atoms with E-state index in [0.717, 1.165) is 12.8 Å². The van der Waals surface area contributed by atoms with Gasteiger partial charge >= 0.3 is 12.1 Å². The Kier molecular flexibility index (Phi) is 7.95. The topological polar surface area (TPSA) is 32.3 Å². The van der Waals surface area contributed by atoms with Gasteiger partial charge < -0.3 is 4.74 Å². The summed E-state index contributed by atoms with van der Waals surface area (Å²) in [6.07, 6.45) is 2.21. The first-order valence-electron chi connectivity index (χ1n) is 14.8. The van der Waals surface area contributed by atoms with Gasteiger partial charge in [-0.2, -0.15) is 0 Å². The Labute approximate surface area is 244 Å². The zero-order valence-corrected chi connectivity index (χ0v) is 25.7. The van der Waals surface area contributed by atoms with Crippen LogP contribution in [-0.4, -0.2) is 39.8 Å². The largest absolute Gasteiger partial charge is 0.469 e. The zero-order chi connectivity index (χ0) is 29.4. The van der Waals surface area contributed by atoms with Crippen LogP contribution in [0.3, 0.4) is 0 Å². The van der Waals surface area contributed by atoms with Crippen molar-refractivity contribution in [3.05, 3.63) is 106 Å². The number of hydrogen-bond acceptors (Lipinski definition) is 2. The number of para-hydroxylation sites is 2. The van der Waals surface area contributed by atoms with Gasteiger partial charge in [0.15, 0.2) is 0 Å². The molecule has 0 unspecified atom stereocenters. The Balaban J connectivity index is 0.000000431. The maximum absolute atomic E-state index is 10.3. The molecule has 210 valence electrons. The Morgan fingerprint density at radius 1 is 0.756 bits per heavy atom. The number of rotatable bonds is 5. The molecule has 1 aliphatic heterocycles. The van der Waals surface area contributed by atoms with Gasteiger partial charge in [-0.3, -0.25) is 4.79 Å². The fraction of sp³-hybridized carbons (Fsp3) is 0.324. The number of esters is 1. The minimum atomic E-state index is -0.153. The van der Waals surface area contributed by atoms with Gasteiger partial charge in [-0.15, -0.1) is 9.15 Å². The van der Waals surface area contributed by atoms with E-state index in [9.17, 15) is 4.79 Å². The molecule has 4 aromatic carbocycles. The fourth-order valence-electron chi connectivity index (χ4n) is 6.50. The molecule has 6 rings (SSSR count). The molecular formula is C37H42N2O2+2. The number of nitrogens with zero attached hydrogens (tertiary/aromatic N) is 2. The number of benzene rings is 4. The number of fused-ring (bicyclic) bond motifs is 3. The minimum absolute atomic E-state index is 0.00463. The highest BCUT2D eigenvalue weighted by Crippen LogP contribution is 2.41. The third-order valence-electron chi connectivity index (χ3n) is 8.43. The summed E-state index contributed by atoms with van der Waals surface area (Å²) >= 11 is 0. The van der Waals surface area contributed by atoms with E-state index < -0.39 is 0 Å². The number of ether oxygens (including phenoxy) is 1. The van der Waals surface area contributed by atoms with E-state index in [1.54, 1.807) is 13.8 Å². The maximum atomic E-state index is 10.3. The Morgan fingerprint density at radius 3 is 1.56 bits per heavy atom. The summed E-state index contributed by atoms with van der Waals surface area (Å²) in [5, 5.41) is 2.70. The third-order valence-corrected chi connectivity index (χ3v) is 8.43. The van der Waals surface area contributed by atoms with E-state index in [1.165, 1.54) is 74.1 Å². The Bertz CT molecular complexity index is 1610. The Hall–Kier alpha value is -4.05. The van der Waals surface area contributed by atoms with Gasteiger partial charge in [0.2, 0.25) is 11.4 Å². The van der Waals surface area contributed by atoms with E-state index in [4.69, 9.17) is 0 Å². The molecule has 1 heterocycles. The molecule has 0 saturated carbocycles. The maximum Gasteiger partial charge on any atom is 0.351 e. The summed E-state index contributed by atoms with van der Waals surface area (Å²) in [4.78, 5) is 10.3. The predicted molar refractivity (Wildman–Crippen MR) is 169 cm³/mol. The lowest BCUT2D eigenvalue weighted by atomic mass is 10.0. The number of carbonyl (C=O) groups excluding carboxylic acids is 1. The second kappa shape index (κ2) is 11.4. The van der Waals surface area contributed by atoms with Crippen LogP contribution >= 0.6 is 0 Å². The average Bonchev–Trinajstić information content (AvgIpc) is 3.45. The zero-order valence-electron chi connectivity index (χ0n) is 25.7. The summed E-state index contributed by atoms with van der Waals surface area (Å²) < 4.78 is 9.63. The molecule has 0 N–H and O–H groups in total. The van der Waals surface area contributed by atoms with Crippen LogP contribution in [0.4, 0.5) is 11.4 Å². The van der Waals surface area contributed by atoms with Gasteiger partial charge in [0.25, 0.3) is 11.4 Å². The molecular weight excluding hydrogens is 504 g/mol. The van der Waals surface area contributed by atoms with E-state index in [1.807, 2.05) is 0 Å². The van der Waals surface area contributed by atoms with Crippen molar-refractivity contribution in [2.45, 2.75) is 67.5 Å². The van der Waals surface area contributed by atoms with Gasteiger partial charge in [0, 0.05) is 27.6 Å². The lowest BCUT2D eigenvalue weighted by Gasteiger charge is -2.14. The van der Waals surface area contributed by atoms with Crippen LogP contribution in [0.5, 0.6) is 0 Å². The predicted octanol–water partition coefficient (Wildman–Crippen LogP) is 8.04. The van der Waals surface area contributed by atoms with Crippen LogP contribution in [0.25, 0.3) is 10.8 Å². The quantitative estimate of drug-likeness (QED) is 0.187. The SMILES string of the molecule is CCc1cccc(C)c1[N+]1=C2C(=[N+](c3c(C)cccc3CC)C1C)c1cccc3cccc2c13.COC(=O)C(C)C. The van der Waals surface area contributed by atoms with Crippen molar-refractivity contribution in [1.29, 1.82) is 0 Å². The van der Waals surface area contributed by atoms with Crippen LogP contribution in [0.15, 0.2) is 72.8 Å². The monoisotopic (exact) mass is 546 g/mol. The smallest absolute Gasteiger partial charge is 0.351 e. The van der Waals surface area contributed by atoms with Crippen molar-refractivity contribution < 1.29 is 18.7 Å². The van der Waals surface area contributed by atoms with E-state index in [0.29, 0.717) is 0 Å². The molecule has 4 heteroatoms. The van der Waals surface area contributed by atoms with Crippen LogP contribution in [-0.2, 0) is 22.4 Å². The van der Waals surface area contributed by atoms with Crippen molar-refractivity contribution in [3.63, 3.8) is 0 Å². The van der Waals surface area contributed by atoms with Crippen molar-refractivity contribution >= 4 is 39.5 Å². The molecule has 0 spiro atoms. The van der Waals surface area contributed by atoms with Gasteiger partial charge in [0.1, 0.15) is 0 Å². The minimum Gasteiger partial charge on any atom is -0.469 e. The molecule has 0 radical (unpaired) electrons. The second-order valence-electron chi connectivity index (χ2n) is 11.3. The third kappa shape index (κ3) is 4.69. The molecule has 4 nitrogen and oxygen atoms in total. The summed E-state index contributed by atoms with van der Waals surface area (Å²) in [5.41, 5.74) is 13.6. The molecule has 0 bridgehead atoms. The van der Waals surface area contributed by atoms with Crippen LogP contribution in [0, 0.1) is 19.8 Å². The fourth-order valence-corrected chi connectivity index (χ4v) is 6.50. The highest BCUT2D eigenvalue weighted by molar-refractivity contribution is 6.58. The average molecular weight is 547 g/mol. The highest BCUT2D eigenvalue weighted by Gasteiger charge is 2.54. The molecule has 0 atom stereocenters. The van der Waals surface area contributed by atoms with Crippen molar-refractivity contribution in [2.75, 3.05) is 7.11 Å². The van der Waals surface area contributed by atoms with Gasteiger partial charge in [-0.05, 0) is 44.2 Å². The molecule has 0 saturated heterocycles. The lowest BCUT2D eigenvalue weighted by molar-refractivity contribution is -0.688. The van der Waals surface area contributed by atoms with Crippen LogP contribution < -0.4 is 0 Å². The van der Waals surface area contributed by atoms with E-state index in [-0.39, 0.29) is 18.1 Å². The normalized spacial score (nSPS) is 14.1. The molecule has 1 aliphatic carbocycles. The molecule has 41 heavy (non-hydrogen) atoms. The molecule has 0 fully saturated rings.